The molecule has 0 unspecified atom stereocenters. The highest BCUT2D eigenvalue weighted by Crippen LogP contribution is 2.10. The van der Waals surface area contributed by atoms with Crippen LogP contribution in [0, 0.1) is 6.92 Å². The Kier molecular flexibility index (Phi) is 4.10. The maximum Gasteiger partial charge on any atom is 0.332 e. The van der Waals surface area contributed by atoms with Gasteiger partial charge in [0.25, 0.3) is 0 Å². The van der Waals surface area contributed by atoms with Crippen molar-refractivity contribution >= 4 is 11.8 Å². The minimum Gasteiger partial charge on any atom is -0.463 e. The van der Waals surface area contributed by atoms with Crippen LogP contribution in [0.5, 0.6) is 0 Å². The predicted octanol–water partition coefficient (Wildman–Crippen LogP) is 1.61. The van der Waals surface area contributed by atoms with E-state index in [4.69, 9.17) is 4.74 Å². The Labute approximate surface area is 95.1 Å². The highest BCUT2D eigenvalue weighted by molar-refractivity contribution is 5.83. The average Bonchev–Trinajstić information content (AvgIpc) is 2.44. The minimum absolute atomic E-state index is 0.341. The van der Waals surface area contributed by atoms with E-state index in [1.54, 1.807) is 18.5 Å². The van der Waals surface area contributed by atoms with Gasteiger partial charge in [0.05, 0.1) is 12.3 Å². The maximum atomic E-state index is 11.2. The Bertz CT molecular complexity index is 407. The van der Waals surface area contributed by atoms with Crippen LogP contribution in [-0.4, -0.2) is 22.4 Å². The van der Waals surface area contributed by atoms with Crippen molar-refractivity contribution in [3.63, 3.8) is 0 Å². The van der Waals surface area contributed by atoms with Crippen LogP contribution in [0.4, 0.5) is 5.82 Å². The SMILES string of the molecule is CCOC(=O)/C=C(/C)Nc1cc(C)nn1C. The molecule has 0 aliphatic carbocycles. The summed E-state index contributed by atoms with van der Waals surface area (Å²) in [5.41, 5.74) is 1.65. The molecule has 5 heteroatoms. The number of hydrogen-bond acceptors (Lipinski definition) is 4. The molecule has 1 aromatic heterocycles. The summed E-state index contributed by atoms with van der Waals surface area (Å²) in [6.45, 7) is 5.88. The summed E-state index contributed by atoms with van der Waals surface area (Å²) >= 11 is 0. The first-order valence-corrected chi connectivity index (χ1v) is 5.15. The number of rotatable bonds is 4. The van der Waals surface area contributed by atoms with Crippen LogP contribution < -0.4 is 5.32 Å². The summed E-state index contributed by atoms with van der Waals surface area (Å²) in [7, 11) is 1.84. The second-order valence-corrected chi connectivity index (χ2v) is 3.50. The van der Waals surface area contributed by atoms with E-state index >= 15 is 0 Å². The fourth-order valence-corrected chi connectivity index (χ4v) is 1.33. The molecule has 0 saturated carbocycles. The molecular weight excluding hydrogens is 206 g/mol. The van der Waals surface area contributed by atoms with Crippen LogP contribution in [0.3, 0.4) is 0 Å². The van der Waals surface area contributed by atoms with E-state index in [0.717, 1.165) is 17.2 Å². The largest absolute Gasteiger partial charge is 0.463 e. The van der Waals surface area contributed by atoms with Crippen LogP contribution in [0.2, 0.25) is 0 Å². The lowest BCUT2D eigenvalue weighted by atomic mass is 10.4. The van der Waals surface area contributed by atoms with E-state index in [0.29, 0.717) is 6.61 Å². The van der Waals surface area contributed by atoms with Crippen LogP contribution in [0.15, 0.2) is 17.8 Å². The number of anilines is 1. The number of aromatic nitrogens is 2. The molecule has 0 spiro atoms. The fraction of sp³-hybridized carbons (Fsp3) is 0.455. The molecule has 0 atom stereocenters. The van der Waals surface area contributed by atoms with E-state index < -0.39 is 0 Å². The molecule has 1 rings (SSSR count). The van der Waals surface area contributed by atoms with Crippen LogP contribution in [-0.2, 0) is 16.6 Å². The maximum absolute atomic E-state index is 11.2. The standard InChI is InChI=1S/C11H17N3O2/c1-5-16-11(15)7-8(2)12-10-6-9(3)13-14(10)4/h6-7,12H,5H2,1-4H3/b8-7-. The van der Waals surface area contributed by atoms with Crippen molar-refractivity contribution in [2.45, 2.75) is 20.8 Å². The third-order valence-corrected chi connectivity index (χ3v) is 1.95. The van der Waals surface area contributed by atoms with Gasteiger partial charge < -0.3 is 10.1 Å². The molecule has 0 aromatic carbocycles. The zero-order valence-electron chi connectivity index (χ0n) is 10.1. The number of esters is 1. The lowest BCUT2D eigenvalue weighted by molar-refractivity contribution is -0.137. The molecule has 1 N–H and O–H groups in total. The van der Waals surface area contributed by atoms with Gasteiger partial charge >= 0.3 is 5.97 Å². The van der Waals surface area contributed by atoms with Gasteiger partial charge in [0.2, 0.25) is 0 Å². The summed E-state index contributed by atoms with van der Waals surface area (Å²) in [5.74, 6) is 0.502. The second-order valence-electron chi connectivity index (χ2n) is 3.50. The molecule has 88 valence electrons. The summed E-state index contributed by atoms with van der Waals surface area (Å²) in [4.78, 5) is 11.2. The van der Waals surface area contributed by atoms with Crippen molar-refractivity contribution < 1.29 is 9.53 Å². The van der Waals surface area contributed by atoms with E-state index in [1.807, 2.05) is 20.0 Å². The van der Waals surface area contributed by atoms with Crippen molar-refractivity contribution in [3.05, 3.63) is 23.5 Å². The molecular formula is C11H17N3O2. The van der Waals surface area contributed by atoms with Gasteiger partial charge in [-0.3, -0.25) is 4.68 Å². The lowest BCUT2D eigenvalue weighted by Gasteiger charge is -2.05. The van der Waals surface area contributed by atoms with E-state index in [1.165, 1.54) is 6.08 Å². The summed E-state index contributed by atoms with van der Waals surface area (Å²) in [5, 5.41) is 7.27. The fourth-order valence-electron chi connectivity index (χ4n) is 1.33. The summed E-state index contributed by atoms with van der Waals surface area (Å²) in [6.07, 6.45) is 1.42. The highest BCUT2D eigenvalue weighted by atomic mass is 16.5. The molecule has 0 aliphatic rings. The molecule has 1 aromatic rings. The first-order chi connectivity index (χ1) is 7.52. The van der Waals surface area contributed by atoms with E-state index in [2.05, 4.69) is 10.4 Å². The van der Waals surface area contributed by atoms with Crippen molar-refractivity contribution in [2.24, 2.45) is 7.05 Å². The minimum atomic E-state index is -0.341. The van der Waals surface area contributed by atoms with E-state index in [-0.39, 0.29) is 5.97 Å². The molecule has 0 saturated heterocycles. The Morgan fingerprint density at radius 3 is 2.88 bits per heavy atom. The monoisotopic (exact) mass is 223 g/mol. The lowest BCUT2D eigenvalue weighted by Crippen LogP contribution is -2.06. The van der Waals surface area contributed by atoms with Gasteiger partial charge in [-0.1, -0.05) is 0 Å². The topological polar surface area (TPSA) is 56.1 Å². The Balaban J connectivity index is 2.67. The molecule has 0 bridgehead atoms. The molecule has 16 heavy (non-hydrogen) atoms. The van der Waals surface area contributed by atoms with Gasteiger partial charge in [-0.15, -0.1) is 0 Å². The number of aryl methyl sites for hydroxylation is 2. The van der Waals surface area contributed by atoms with Gasteiger partial charge in [-0.2, -0.15) is 5.10 Å². The van der Waals surface area contributed by atoms with Crippen molar-refractivity contribution in [1.29, 1.82) is 0 Å². The molecule has 0 radical (unpaired) electrons. The number of hydrogen-bond donors (Lipinski definition) is 1. The number of nitrogens with one attached hydrogen (secondary N) is 1. The van der Waals surface area contributed by atoms with Gasteiger partial charge in [0.1, 0.15) is 5.82 Å². The number of ether oxygens (including phenoxy) is 1. The van der Waals surface area contributed by atoms with Gasteiger partial charge in [-0.05, 0) is 20.8 Å². The Morgan fingerprint density at radius 1 is 1.69 bits per heavy atom. The van der Waals surface area contributed by atoms with Crippen LogP contribution in [0.1, 0.15) is 19.5 Å². The van der Waals surface area contributed by atoms with Crippen molar-refractivity contribution in [2.75, 3.05) is 11.9 Å². The predicted molar refractivity (Wildman–Crippen MR) is 62.0 cm³/mol. The zero-order chi connectivity index (χ0) is 12.1. The summed E-state index contributed by atoms with van der Waals surface area (Å²) < 4.78 is 6.53. The average molecular weight is 223 g/mol. The first kappa shape index (κ1) is 12.3. The Morgan fingerprint density at radius 2 is 2.38 bits per heavy atom. The number of allylic oxidation sites excluding steroid dienone is 1. The number of carbonyl (C=O) groups excluding carboxylic acids is 1. The molecule has 5 nitrogen and oxygen atoms in total. The van der Waals surface area contributed by atoms with Gasteiger partial charge in [0.15, 0.2) is 0 Å². The quantitative estimate of drug-likeness (QED) is 0.622. The van der Waals surface area contributed by atoms with Crippen LogP contribution in [0.25, 0.3) is 0 Å². The van der Waals surface area contributed by atoms with Crippen LogP contribution >= 0.6 is 0 Å². The third-order valence-electron chi connectivity index (χ3n) is 1.95. The van der Waals surface area contributed by atoms with Crippen molar-refractivity contribution in [1.82, 2.24) is 9.78 Å². The second kappa shape index (κ2) is 5.34. The smallest absolute Gasteiger partial charge is 0.332 e. The number of nitrogens with zero attached hydrogens (tertiary/aromatic N) is 2. The summed E-state index contributed by atoms with van der Waals surface area (Å²) in [6, 6.07) is 1.91. The van der Waals surface area contributed by atoms with Crippen molar-refractivity contribution in [3.8, 4) is 0 Å². The molecule has 1 heterocycles. The Hall–Kier alpha value is -1.78. The molecule has 0 amide bonds. The normalized spacial score (nSPS) is 11.4. The molecule has 0 aliphatic heterocycles. The third kappa shape index (κ3) is 3.42. The van der Waals surface area contributed by atoms with Gasteiger partial charge in [0, 0.05) is 24.9 Å². The zero-order valence-corrected chi connectivity index (χ0v) is 10.1. The van der Waals surface area contributed by atoms with Gasteiger partial charge in [-0.25, -0.2) is 4.79 Å². The number of carbonyl (C=O) groups is 1. The van der Waals surface area contributed by atoms with E-state index in [9.17, 15) is 4.79 Å². The highest BCUT2D eigenvalue weighted by Gasteiger charge is 2.03. The first-order valence-electron chi connectivity index (χ1n) is 5.15. The molecule has 0 fully saturated rings.